The van der Waals surface area contributed by atoms with Gasteiger partial charge in [-0.1, -0.05) is 29.8 Å². The Morgan fingerprint density at radius 2 is 2.07 bits per heavy atom. The highest BCUT2D eigenvalue weighted by Crippen LogP contribution is 2.15. The molecule has 1 aliphatic rings. The predicted molar refractivity (Wildman–Crippen MR) is 128 cm³/mol. The molecule has 1 aromatic heterocycles. The van der Waals surface area contributed by atoms with Crippen molar-refractivity contribution < 1.29 is 9.52 Å². The monoisotopic (exact) mass is 512 g/mol. The van der Waals surface area contributed by atoms with Gasteiger partial charge in [0.2, 0.25) is 0 Å². The van der Waals surface area contributed by atoms with Crippen molar-refractivity contribution in [3.8, 4) is 0 Å². The van der Waals surface area contributed by atoms with E-state index in [1.807, 2.05) is 6.92 Å². The van der Waals surface area contributed by atoms with Crippen molar-refractivity contribution in [1.82, 2.24) is 15.5 Å². The highest BCUT2D eigenvalue weighted by molar-refractivity contribution is 14.0. The van der Waals surface area contributed by atoms with Crippen molar-refractivity contribution >= 4 is 29.9 Å². The van der Waals surface area contributed by atoms with Gasteiger partial charge in [-0.25, -0.2) is 0 Å². The second-order valence-corrected chi connectivity index (χ2v) is 7.43. The topological polar surface area (TPSA) is 73.0 Å². The molecule has 1 aromatic carbocycles. The standard InChI is InChI=1S/C22H32N4O2.HI/c1-3-23-22(24-15-20(27)21-8-5-13-28-21)25-19-9-11-26(12-10-19)16-18-7-4-6-17(2)14-18;/h4-8,13-14,19-20,27H,3,9-12,15-16H2,1-2H3,(H2,23,24,25);1H. The molecular formula is C22H33IN4O2. The third-order valence-corrected chi connectivity index (χ3v) is 5.06. The van der Waals surface area contributed by atoms with Gasteiger partial charge in [0.05, 0.1) is 12.8 Å². The highest BCUT2D eigenvalue weighted by Gasteiger charge is 2.20. The minimum Gasteiger partial charge on any atom is -0.467 e. The molecule has 1 saturated heterocycles. The summed E-state index contributed by atoms with van der Waals surface area (Å²) in [5.74, 6) is 1.30. The number of nitrogens with one attached hydrogen (secondary N) is 2. The van der Waals surface area contributed by atoms with Crippen molar-refractivity contribution in [3.05, 3.63) is 59.5 Å². The zero-order valence-corrected chi connectivity index (χ0v) is 19.6. The number of aliphatic hydroxyl groups excluding tert-OH is 1. The maximum Gasteiger partial charge on any atom is 0.191 e. The van der Waals surface area contributed by atoms with Crippen LogP contribution < -0.4 is 10.6 Å². The van der Waals surface area contributed by atoms with Crippen LogP contribution in [0, 0.1) is 6.92 Å². The van der Waals surface area contributed by atoms with Crippen molar-refractivity contribution in [2.24, 2.45) is 4.99 Å². The van der Waals surface area contributed by atoms with E-state index < -0.39 is 6.10 Å². The molecule has 0 amide bonds. The number of benzene rings is 1. The quantitative estimate of drug-likeness (QED) is 0.301. The summed E-state index contributed by atoms with van der Waals surface area (Å²) in [5.41, 5.74) is 2.70. The lowest BCUT2D eigenvalue weighted by atomic mass is 10.0. The van der Waals surface area contributed by atoms with E-state index in [4.69, 9.17) is 4.42 Å². The fourth-order valence-corrected chi connectivity index (χ4v) is 3.57. The van der Waals surface area contributed by atoms with E-state index >= 15 is 0 Å². The number of aliphatic imine (C=N–C) groups is 1. The van der Waals surface area contributed by atoms with Gasteiger partial charge in [-0.05, 0) is 44.4 Å². The number of rotatable bonds is 7. The minimum atomic E-state index is -0.721. The Morgan fingerprint density at radius 3 is 2.72 bits per heavy atom. The molecule has 1 fully saturated rings. The number of aryl methyl sites for hydroxylation is 1. The first-order chi connectivity index (χ1) is 13.6. The lowest BCUT2D eigenvalue weighted by Gasteiger charge is -2.33. The first-order valence-electron chi connectivity index (χ1n) is 10.2. The highest BCUT2D eigenvalue weighted by atomic mass is 127. The minimum absolute atomic E-state index is 0. The Morgan fingerprint density at radius 1 is 1.28 bits per heavy atom. The molecule has 160 valence electrons. The fraction of sp³-hybridized carbons (Fsp3) is 0.500. The fourth-order valence-electron chi connectivity index (χ4n) is 3.57. The number of nitrogens with zero attached hydrogens (tertiary/aromatic N) is 2. The van der Waals surface area contributed by atoms with Crippen molar-refractivity contribution in [2.75, 3.05) is 26.2 Å². The van der Waals surface area contributed by atoms with Crippen LogP contribution in [0.1, 0.15) is 42.8 Å². The average molecular weight is 512 g/mol. The summed E-state index contributed by atoms with van der Waals surface area (Å²) in [7, 11) is 0. The van der Waals surface area contributed by atoms with Gasteiger partial charge in [0, 0.05) is 32.2 Å². The molecule has 0 saturated carbocycles. The van der Waals surface area contributed by atoms with Gasteiger partial charge >= 0.3 is 0 Å². The predicted octanol–water partition coefficient (Wildman–Crippen LogP) is 3.46. The van der Waals surface area contributed by atoms with Crippen LogP contribution >= 0.6 is 24.0 Å². The van der Waals surface area contributed by atoms with Crippen molar-refractivity contribution in [2.45, 2.75) is 45.4 Å². The van der Waals surface area contributed by atoms with E-state index in [1.165, 1.54) is 11.1 Å². The number of aliphatic hydroxyl groups is 1. The van der Waals surface area contributed by atoms with E-state index in [0.717, 1.165) is 45.0 Å². The van der Waals surface area contributed by atoms with E-state index in [1.54, 1.807) is 18.4 Å². The number of hydrogen-bond acceptors (Lipinski definition) is 4. The molecule has 29 heavy (non-hydrogen) atoms. The van der Waals surface area contributed by atoms with Gasteiger partial charge < -0.3 is 20.2 Å². The first kappa shape index (κ1) is 23.7. The van der Waals surface area contributed by atoms with Crippen molar-refractivity contribution in [1.29, 1.82) is 0 Å². The summed E-state index contributed by atoms with van der Waals surface area (Å²) in [4.78, 5) is 7.04. The molecule has 0 aliphatic carbocycles. The van der Waals surface area contributed by atoms with E-state index in [9.17, 15) is 5.11 Å². The zero-order valence-electron chi connectivity index (χ0n) is 17.3. The molecule has 1 aliphatic heterocycles. The summed E-state index contributed by atoms with van der Waals surface area (Å²) < 4.78 is 5.24. The van der Waals surface area contributed by atoms with E-state index in [2.05, 4.69) is 51.7 Å². The summed E-state index contributed by atoms with van der Waals surface area (Å²) in [5, 5.41) is 17.0. The molecule has 3 N–H and O–H groups in total. The van der Waals surface area contributed by atoms with Gasteiger partial charge in [-0.3, -0.25) is 9.89 Å². The Balaban J connectivity index is 0.00000300. The number of piperidine rings is 1. The molecule has 1 atom stereocenters. The Hall–Kier alpha value is -1.58. The SMILES string of the molecule is CCNC(=NCC(O)c1ccco1)NC1CCN(Cc2cccc(C)c2)CC1.I. The summed E-state index contributed by atoms with van der Waals surface area (Å²) in [6.07, 6.45) is 3.01. The number of likely N-dealkylation sites (tertiary alicyclic amines) is 1. The Bertz CT molecular complexity index is 743. The number of hydrogen-bond donors (Lipinski definition) is 3. The van der Waals surface area contributed by atoms with Gasteiger partial charge in [-0.2, -0.15) is 0 Å². The number of guanidine groups is 1. The Labute approximate surface area is 190 Å². The Kier molecular flexibility index (Phi) is 9.96. The third kappa shape index (κ3) is 7.64. The lowest BCUT2D eigenvalue weighted by molar-refractivity contribution is 0.158. The zero-order chi connectivity index (χ0) is 19.8. The van der Waals surface area contributed by atoms with Crippen LogP contribution in [-0.2, 0) is 6.54 Å². The van der Waals surface area contributed by atoms with Crippen LogP contribution in [0.4, 0.5) is 0 Å². The maximum atomic E-state index is 10.2. The van der Waals surface area contributed by atoms with Gasteiger partial charge in [0.15, 0.2) is 5.96 Å². The van der Waals surface area contributed by atoms with Crippen LogP contribution in [0.3, 0.4) is 0 Å². The van der Waals surface area contributed by atoms with Crippen LogP contribution in [0.5, 0.6) is 0 Å². The normalized spacial score (nSPS) is 16.9. The van der Waals surface area contributed by atoms with Crippen LogP contribution in [0.15, 0.2) is 52.1 Å². The molecule has 2 heterocycles. The molecule has 7 heteroatoms. The van der Waals surface area contributed by atoms with Crippen molar-refractivity contribution in [3.63, 3.8) is 0 Å². The lowest BCUT2D eigenvalue weighted by Crippen LogP contribution is -2.48. The summed E-state index contributed by atoms with van der Waals surface area (Å²) in [6, 6.07) is 12.7. The summed E-state index contributed by atoms with van der Waals surface area (Å²) >= 11 is 0. The second kappa shape index (κ2) is 12.2. The van der Waals surface area contributed by atoms with E-state index in [-0.39, 0.29) is 30.5 Å². The molecule has 0 radical (unpaired) electrons. The van der Waals surface area contributed by atoms with E-state index in [0.29, 0.717) is 11.8 Å². The largest absolute Gasteiger partial charge is 0.467 e. The van der Waals surface area contributed by atoms with Crippen LogP contribution in [-0.4, -0.2) is 48.2 Å². The van der Waals surface area contributed by atoms with Gasteiger partial charge in [0.1, 0.15) is 11.9 Å². The van der Waals surface area contributed by atoms with Gasteiger partial charge in [-0.15, -0.1) is 24.0 Å². The number of furan rings is 1. The first-order valence-corrected chi connectivity index (χ1v) is 10.2. The maximum absolute atomic E-state index is 10.2. The summed E-state index contributed by atoms with van der Waals surface area (Å²) in [6.45, 7) is 8.40. The number of halogens is 1. The molecule has 0 spiro atoms. The molecule has 6 nitrogen and oxygen atoms in total. The average Bonchev–Trinajstić information content (AvgIpc) is 3.22. The van der Waals surface area contributed by atoms with Gasteiger partial charge in [0.25, 0.3) is 0 Å². The molecular weight excluding hydrogens is 479 g/mol. The van der Waals surface area contributed by atoms with Crippen LogP contribution in [0.2, 0.25) is 0 Å². The molecule has 2 aromatic rings. The van der Waals surface area contributed by atoms with Crippen LogP contribution in [0.25, 0.3) is 0 Å². The molecule has 1 unspecified atom stereocenters. The third-order valence-electron chi connectivity index (χ3n) is 5.06. The smallest absolute Gasteiger partial charge is 0.191 e. The molecule has 3 rings (SSSR count). The second-order valence-electron chi connectivity index (χ2n) is 7.43. The molecule has 0 bridgehead atoms.